The second-order valence-corrected chi connectivity index (χ2v) is 4.11. The Morgan fingerprint density at radius 2 is 2.31 bits per heavy atom. The van der Waals surface area contributed by atoms with Crippen LogP contribution in [0.1, 0.15) is 18.7 Å². The molecule has 0 unspecified atom stereocenters. The van der Waals surface area contributed by atoms with Gasteiger partial charge in [-0.1, -0.05) is 0 Å². The summed E-state index contributed by atoms with van der Waals surface area (Å²) in [4.78, 5) is 0. The molecule has 1 fully saturated rings. The quantitative estimate of drug-likeness (QED) is 0.887. The second kappa shape index (κ2) is 3.92. The van der Waals surface area contributed by atoms with Crippen LogP contribution in [0.3, 0.4) is 0 Å². The normalized spacial score (nSPS) is 15.6. The van der Waals surface area contributed by atoms with Gasteiger partial charge in [0.05, 0.1) is 18.4 Å². The van der Waals surface area contributed by atoms with Crippen molar-refractivity contribution in [1.29, 1.82) is 0 Å². The average molecular weight is 240 g/mol. The summed E-state index contributed by atoms with van der Waals surface area (Å²) >= 11 is 5.81. The zero-order chi connectivity index (χ0) is 11.0. The molecule has 16 heavy (non-hydrogen) atoms. The van der Waals surface area contributed by atoms with Crippen molar-refractivity contribution in [3.8, 4) is 11.5 Å². The van der Waals surface area contributed by atoms with Crippen LogP contribution >= 0.6 is 11.6 Å². The fraction of sp³-hybridized carbons (Fsp3) is 0.400. The molecule has 1 aliphatic rings. The standard InChI is InChI=1S/C10H10ClN3O2/c11-9-7(3-4-15-9)10-14-13-8(16-10)5-12-6-1-2-6/h3-4,6,12H,1-2,5H2. The number of nitrogens with zero attached hydrogens (tertiary/aromatic N) is 2. The van der Waals surface area contributed by atoms with Crippen molar-refractivity contribution in [2.45, 2.75) is 25.4 Å². The maximum atomic E-state index is 5.81. The lowest BCUT2D eigenvalue weighted by Gasteiger charge is -1.95. The van der Waals surface area contributed by atoms with Gasteiger partial charge in [-0.25, -0.2) is 0 Å². The SMILES string of the molecule is Clc1occc1-c1nnc(CNC2CC2)o1. The van der Waals surface area contributed by atoms with Crippen molar-refractivity contribution in [1.82, 2.24) is 15.5 Å². The first-order valence-corrected chi connectivity index (χ1v) is 5.50. The van der Waals surface area contributed by atoms with Gasteiger partial charge < -0.3 is 14.2 Å². The minimum absolute atomic E-state index is 0.269. The third-order valence-electron chi connectivity index (χ3n) is 2.43. The molecule has 2 heterocycles. The van der Waals surface area contributed by atoms with E-state index in [2.05, 4.69) is 15.5 Å². The van der Waals surface area contributed by atoms with Crippen LogP contribution in [0.25, 0.3) is 11.5 Å². The van der Waals surface area contributed by atoms with E-state index in [0.29, 0.717) is 29.9 Å². The third kappa shape index (κ3) is 1.96. The zero-order valence-corrected chi connectivity index (χ0v) is 9.20. The van der Waals surface area contributed by atoms with Crippen LogP contribution in [0.2, 0.25) is 5.22 Å². The molecular formula is C10H10ClN3O2. The first-order valence-electron chi connectivity index (χ1n) is 5.12. The summed E-state index contributed by atoms with van der Waals surface area (Å²) in [6.07, 6.45) is 3.95. The number of nitrogens with one attached hydrogen (secondary N) is 1. The van der Waals surface area contributed by atoms with Crippen molar-refractivity contribution in [2.75, 3.05) is 0 Å². The lowest BCUT2D eigenvalue weighted by Crippen LogP contribution is -2.15. The van der Waals surface area contributed by atoms with E-state index in [4.69, 9.17) is 20.4 Å². The molecule has 0 saturated heterocycles. The molecule has 84 valence electrons. The predicted octanol–water partition coefficient (Wildman–Crippen LogP) is 2.24. The summed E-state index contributed by atoms with van der Waals surface area (Å²) < 4.78 is 10.4. The van der Waals surface area contributed by atoms with Crippen LogP contribution in [0, 0.1) is 0 Å². The topological polar surface area (TPSA) is 64.1 Å². The molecule has 0 bridgehead atoms. The Balaban J connectivity index is 1.74. The smallest absolute Gasteiger partial charge is 0.252 e. The molecule has 0 radical (unpaired) electrons. The highest BCUT2D eigenvalue weighted by Crippen LogP contribution is 2.27. The Kier molecular flexibility index (Phi) is 2.41. The molecule has 1 N–H and O–H groups in total. The first kappa shape index (κ1) is 9.86. The summed E-state index contributed by atoms with van der Waals surface area (Å²) in [5, 5.41) is 11.4. The van der Waals surface area contributed by atoms with Crippen LogP contribution in [0.4, 0.5) is 0 Å². The molecule has 2 aromatic heterocycles. The molecule has 0 atom stereocenters. The highest BCUT2D eigenvalue weighted by atomic mass is 35.5. The molecule has 1 aliphatic carbocycles. The van der Waals surface area contributed by atoms with Gasteiger partial charge in [0.2, 0.25) is 11.1 Å². The molecule has 3 rings (SSSR count). The number of rotatable bonds is 4. The molecule has 5 nitrogen and oxygen atoms in total. The molecule has 0 amide bonds. The van der Waals surface area contributed by atoms with Crippen molar-refractivity contribution >= 4 is 11.6 Å². The van der Waals surface area contributed by atoms with Gasteiger partial charge in [-0.15, -0.1) is 10.2 Å². The molecule has 0 aromatic carbocycles. The summed E-state index contributed by atoms with van der Waals surface area (Å²) in [5.41, 5.74) is 0.631. The number of halogens is 1. The minimum atomic E-state index is 0.269. The van der Waals surface area contributed by atoms with E-state index in [-0.39, 0.29) is 5.22 Å². The average Bonchev–Trinajstić information content (AvgIpc) is 2.82. The van der Waals surface area contributed by atoms with Gasteiger partial charge in [0.25, 0.3) is 5.89 Å². The van der Waals surface area contributed by atoms with Crippen molar-refractivity contribution in [2.24, 2.45) is 0 Å². The van der Waals surface area contributed by atoms with Gasteiger partial charge in [0.1, 0.15) is 0 Å². The molecule has 2 aromatic rings. The first-order chi connectivity index (χ1) is 7.83. The lowest BCUT2D eigenvalue weighted by atomic mass is 10.3. The Labute approximate surface area is 96.8 Å². The Hall–Kier alpha value is -1.33. The number of hydrogen-bond donors (Lipinski definition) is 1. The summed E-state index contributed by atoms with van der Waals surface area (Å²) in [6.45, 7) is 0.604. The monoisotopic (exact) mass is 239 g/mol. The highest BCUT2D eigenvalue weighted by molar-refractivity contribution is 6.31. The van der Waals surface area contributed by atoms with Crippen LogP contribution in [-0.4, -0.2) is 16.2 Å². The van der Waals surface area contributed by atoms with Crippen LogP contribution in [-0.2, 0) is 6.54 Å². The van der Waals surface area contributed by atoms with Crippen molar-refractivity contribution in [3.63, 3.8) is 0 Å². The Bertz CT molecular complexity index is 490. The minimum Gasteiger partial charge on any atom is -0.452 e. The maximum absolute atomic E-state index is 5.81. The van der Waals surface area contributed by atoms with Gasteiger partial charge in [-0.2, -0.15) is 0 Å². The summed E-state index contributed by atoms with van der Waals surface area (Å²) in [7, 11) is 0. The van der Waals surface area contributed by atoms with Crippen LogP contribution in [0.15, 0.2) is 21.2 Å². The van der Waals surface area contributed by atoms with E-state index in [1.54, 1.807) is 6.07 Å². The van der Waals surface area contributed by atoms with E-state index >= 15 is 0 Å². The van der Waals surface area contributed by atoms with Crippen molar-refractivity contribution in [3.05, 3.63) is 23.4 Å². The third-order valence-corrected chi connectivity index (χ3v) is 2.73. The van der Waals surface area contributed by atoms with Gasteiger partial charge in [0.15, 0.2) is 0 Å². The molecule has 1 saturated carbocycles. The molecule has 6 heteroatoms. The van der Waals surface area contributed by atoms with E-state index < -0.39 is 0 Å². The summed E-state index contributed by atoms with van der Waals surface area (Å²) in [6, 6.07) is 2.32. The van der Waals surface area contributed by atoms with Gasteiger partial charge in [-0.3, -0.25) is 0 Å². The number of hydrogen-bond acceptors (Lipinski definition) is 5. The van der Waals surface area contributed by atoms with Crippen molar-refractivity contribution < 1.29 is 8.83 Å². The van der Waals surface area contributed by atoms with E-state index in [0.717, 1.165) is 0 Å². The number of furan rings is 1. The second-order valence-electron chi connectivity index (χ2n) is 3.76. The molecule has 0 aliphatic heterocycles. The van der Waals surface area contributed by atoms with E-state index in [9.17, 15) is 0 Å². The number of aromatic nitrogens is 2. The zero-order valence-electron chi connectivity index (χ0n) is 8.44. The molecular weight excluding hydrogens is 230 g/mol. The van der Waals surface area contributed by atoms with Gasteiger partial charge >= 0.3 is 0 Å². The Morgan fingerprint density at radius 3 is 3.00 bits per heavy atom. The Morgan fingerprint density at radius 1 is 1.44 bits per heavy atom. The summed E-state index contributed by atoms with van der Waals surface area (Å²) in [5.74, 6) is 0.963. The largest absolute Gasteiger partial charge is 0.452 e. The van der Waals surface area contributed by atoms with Crippen LogP contribution < -0.4 is 5.32 Å². The fourth-order valence-electron chi connectivity index (χ4n) is 1.40. The van der Waals surface area contributed by atoms with E-state index in [1.165, 1.54) is 19.1 Å². The molecule has 0 spiro atoms. The van der Waals surface area contributed by atoms with Gasteiger partial charge in [-0.05, 0) is 30.5 Å². The van der Waals surface area contributed by atoms with Gasteiger partial charge in [0, 0.05) is 6.04 Å². The lowest BCUT2D eigenvalue weighted by molar-refractivity contribution is 0.475. The fourth-order valence-corrected chi connectivity index (χ4v) is 1.59. The highest BCUT2D eigenvalue weighted by Gasteiger charge is 2.21. The predicted molar refractivity (Wildman–Crippen MR) is 56.9 cm³/mol. The van der Waals surface area contributed by atoms with Crippen LogP contribution in [0.5, 0.6) is 0 Å². The van der Waals surface area contributed by atoms with E-state index in [1.807, 2.05) is 0 Å². The maximum Gasteiger partial charge on any atom is 0.252 e.